The first-order chi connectivity index (χ1) is 6.13. The summed E-state index contributed by atoms with van der Waals surface area (Å²) < 4.78 is 4.34. The molecule has 74 valence electrons. The summed E-state index contributed by atoms with van der Waals surface area (Å²) in [6, 6.07) is 0. The van der Waals surface area contributed by atoms with Gasteiger partial charge < -0.3 is 9.84 Å². The van der Waals surface area contributed by atoms with Crippen molar-refractivity contribution in [3.63, 3.8) is 0 Å². The molecule has 0 aromatic heterocycles. The van der Waals surface area contributed by atoms with Crippen molar-refractivity contribution in [2.24, 2.45) is 0 Å². The predicted molar refractivity (Wildman–Crippen MR) is 47.2 cm³/mol. The molecule has 1 unspecified atom stereocenters. The number of carbonyl (C=O) groups is 1. The van der Waals surface area contributed by atoms with Gasteiger partial charge in [-0.1, -0.05) is 0 Å². The summed E-state index contributed by atoms with van der Waals surface area (Å²) in [7, 11) is 1.22. The fourth-order valence-electron chi connectivity index (χ4n) is 0.735. The van der Waals surface area contributed by atoms with E-state index in [2.05, 4.69) is 4.74 Å². The molecule has 0 aliphatic heterocycles. The summed E-state index contributed by atoms with van der Waals surface area (Å²) in [4.78, 5) is 21.0. The molecular formula is C8H11ClO4. The third-order valence-corrected chi connectivity index (χ3v) is 1.75. The minimum atomic E-state index is -0.817. The number of ether oxygens (including phenoxy) is 1. The predicted octanol–water partition coefficient (Wildman–Crippen LogP) is 0.297. The Morgan fingerprint density at radius 2 is 2.31 bits per heavy atom. The van der Waals surface area contributed by atoms with E-state index in [0.29, 0.717) is 0 Å². The lowest BCUT2D eigenvalue weighted by atomic mass is 10.1. The molecule has 5 heteroatoms. The maximum absolute atomic E-state index is 10.7. The number of aliphatic hydroxyl groups is 1. The first kappa shape index (κ1) is 12.2. The molecule has 0 spiro atoms. The fraction of sp³-hybridized carbons (Fsp3) is 0.625. The van der Waals surface area contributed by atoms with E-state index < -0.39 is 12.1 Å². The molecule has 0 heterocycles. The Morgan fingerprint density at radius 1 is 1.69 bits per heavy atom. The van der Waals surface area contributed by atoms with Crippen molar-refractivity contribution in [3.8, 4) is 0 Å². The Morgan fingerprint density at radius 3 is 2.69 bits per heavy atom. The van der Waals surface area contributed by atoms with Gasteiger partial charge in [-0.3, -0.25) is 4.79 Å². The topological polar surface area (TPSA) is 63.6 Å². The quantitative estimate of drug-likeness (QED) is 0.399. The van der Waals surface area contributed by atoms with Gasteiger partial charge in [0.2, 0.25) is 0 Å². The van der Waals surface area contributed by atoms with Gasteiger partial charge >= 0.3 is 5.97 Å². The molecule has 4 nitrogen and oxygen atoms in total. The van der Waals surface area contributed by atoms with Crippen molar-refractivity contribution < 1.29 is 19.4 Å². The van der Waals surface area contributed by atoms with Gasteiger partial charge in [-0.25, -0.2) is 4.79 Å². The highest BCUT2D eigenvalue weighted by atomic mass is 35.5. The van der Waals surface area contributed by atoms with Crippen LogP contribution in [0.5, 0.6) is 0 Å². The molecule has 0 aromatic rings. The number of esters is 1. The van der Waals surface area contributed by atoms with Crippen LogP contribution in [0, 0.1) is 0 Å². The number of hydrogen-bond acceptors (Lipinski definition) is 4. The molecule has 0 radical (unpaired) electrons. The van der Waals surface area contributed by atoms with Gasteiger partial charge in [-0.05, 0) is 0 Å². The zero-order valence-electron chi connectivity index (χ0n) is 7.25. The summed E-state index contributed by atoms with van der Waals surface area (Å²) in [5.74, 6) is 1.07. The molecule has 1 atom stereocenters. The second-order valence-corrected chi connectivity index (χ2v) is 2.78. The van der Waals surface area contributed by atoms with Gasteiger partial charge in [0.15, 0.2) is 0 Å². The molecule has 13 heavy (non-hydrogen) atoms. The Labute approximate surface area is 81.1 Å². The summed E-state index contributed by atoms with van der Waals surface area (Å²) in [5.41, 5.74) is 0.167. The normalized spacial score (nSPS) is 11.6. The lowest BCUT2D eigenvalue weighted by Crippen LogP contribution is -2.12. The first-order valence-electron chi connectivity index (χ1n) is 3.67. The molecule has 0 aliphatic carbocycles. The van der Waals surface area contributed by atoms with Gasteiger partial charge in [-0.15, -0.1) is 11.6 Å². The van der Waals surface area contributed by atoms with Crippen LogP contribution in [0.3, 0.4) is 0 Å². The molecule has 0 rings (SSSR count). The Balaban J connectivity index is 4.06. The lowest BCUT2D eigenvalue weighted by Gasteiger charge is -2.06. The largest absolute Gasteiger partial charge is 0.469 e. The maximum Gasteiger partial charge on any atom is 0.310 e. The van der Waals surface area contributed by atoms with Crippen LogP contribution in [0.4, 0.5) is 0 Å². The third-order valence-electron chi connectivity index (χ3n) is 1.39. The number of aliphatic hydroxyl groups excluding tert-OH is 1. The van der Waals surface area contributed by atoms with Crippen molar-refractivity contribution in [2.75, 3.05) is 13.0 Å². The monoisotopic (exact) mass is 206 g/mol. The van der Waals surface area contributed by atoms with Crippen LogP contribution in [0.25, 0.3) is 0 Å². The van der Waals surface area contributed by atoms with Gasteiger partial charge in [0, 0.05) is 17.9 Å². The number of alkyl halides is 1. The van der Waals surface area contributed by atoms with Crippen LogP contribution in [0.2, 0.25) is 0 Å². The van der Waals surface area contributed by atoms with Crippen LogP contribution in [-0.4, -0.2) is 36.1 Å². The van der Waals surface area contributed by atoms with Gasteiger partial charge in [-0.2, -0.15) is 0 Å². The minimum Gasteiger partial charge on any atom is -0.469 e. The van der Waals surface area contributed by atoms with Crippen LogP contribution in [-0.2, 0) is 14.3 Å². The molecule has 0 aliphatic rings. The molecular weight excluding hydrogens is 196 g/mol. The number of methoxy groups -OCH3 is 1. The van der Waals surface area contributed by atoms with Crippen molar-refractivity contribution in [1.82, 2.24) is 0 Å². The highest BCUT2D eigenvalue weighted by molar-refractivity contribution is 6.18. The Hall–Kier alpha value is -0.830. The molecule has 0 amide bonds. The van der Waals surface area contributed by atoms with Crippen molar-refractivity contribution in [1.29, 1.82) is 0 Å². The summed E-state index contributed by atoms with van der Waals surface area (Å²) in [5, 5.41) is 9.06. The highest BCUT2D eigenvalue weighted by Gasteiger charge is 2.11. The van der Waals surface area contributed by atoms with Crippen LogP contribution in [0.15, 0.2) is 5.57 Å². The summed E-state index contributed by atoms with van der Waals surface area (Å²) in [6.45, 7) is 0. The van der Waals surface area contributed by atoms with Crippen LogP contribution in [0.1, 0.15) is 12.8 Å². The molecule has 1 N–H and O–H groups in total. The minimum absolute atomic E-state index is 0.0202. The molecule has 0 fully saturated rings. The lowest BCUT2D eigenvalue weighted by molar-refractivity contribution is -0.139. The molecule has 0 aromatic carbocycles. The molecule has 0 saturated heterocycles. The van der Waals surface area contributed by atoms with E-state index in [1.54, 1.807) is 5.94 Å². The molecule has 0 bridgehead atoms. The van der Waals surface area contributed by atoms with Crippen LogP contribution >= 0.6 is 11.6 Å². The third kappa shape index (κ3) is 5.42. The van der Waals surface area contributed by atoms with E-state index in [9.17, 15) is 9.59 Å². The van der Waals surface area contributed by atoms with Crippen molar-refractivity contribution in [3.05, 3.63) is 5.57 Å². The van der Waals surface area contributed by atoms with Gasteiger partial charge in [0.1, 0.15) is 5.94 Å². The van der Waals surface area contributed by atoms with Gasteiger partial charge in [0.05, 0.1) is 19.6 Å². The summed E-state index contributed by atoms with van der Waals surface area (Å²) in [6.07, 6.45) is -0.904. The van der Waals surface area contributed by atoms with E-state index in [1.807, 2.05) is 0 Å². The Bertz CT molecular complexity index is 220. The van der Waals surface area contributed by atoms with E-state index in [1.165, 1.54) is 7.11 Å². The average molecular weight is 207 g/mol. The molecule has 0 saturated carbocycles. The summed E-state index contributed by atoms with van der Waals surface area (Å²) >= 11 is 5.31. The van der Waals surface area contributed by atoms with E-state index in [4.69, 9.17) is 16.7 Å². The SMILES string of the molecule is COC(=O)CC(=C=O)CC(O)CCl. The second-order valence-electron chi connectivity index (χ2n) is 2.47. The smallest absolute Gasteiger partial charge is 0.310 e. The zero-order chi connectivity index (χ0) is 10.3. The second kappa shape index (κ2) is 6.66. The number of halogens is 1. The number of hydrogen-bond donors (Lipinski definition) is 1. The average Bonchev–Trinajstić information content (AvgIpc) is 2.16. The van der Waals surface area contributed by atoms with E-state index >= 15 is 0 Å². The van der Waals surface area contributed by atoms with Gasteiger partial charge in [0.25, 0.3) is 0 Å². The highest BCUT2D eigenvalue weighted by Crippen LogP contribution is 2.08. The zero-order valence-corrected chi connectivity index (χ0v) is 8.00. The van der Waals surface area contributed by atoms with Crippen molar-refractivity contribution >= 4 is 23.5 Å². The first-order valence-corrected chi connectivity index (χ1v) is 4.21. The maximum atomic E-state index is 10.7. The number of carbonyl (C=O) groups excluding carboxylic acids is 2. The van der Waals surface area contributed by atoms with E-state index in [0.717, 1.165) is 0 Å². The van der Waals surface area contributed by atoms with Crippen LogP contribution < -0.4 is 0 Å². The van der Waals surface area contributed by atoms with E-state index in [-0.39, 0.29) is 24.3 Å². The number of rotatable bonds is 5. The Kier molecular flexibility index (Phi) is 6.24. The van der Waals surface area contributed by atoms with Crippen molar-refractivity contribution in [2.45, 2.75) is 18.9 Å². The fourth-order valence-corrected chi connectivity index (χ4v) is 0.844. The standard InChI is InChI=1S/C8H11ClO4/c1-13-8(12)3-6(5-10)2-7(11)4-9/h7,11H,2-4H2,1H3.